The van der Waals surface area contributed by atoms with E-state index >= 15 is 0 Å². The van der Waals surface area contributed by atoms with E-state index in [2.05, 4.69) is 31.0 Å². The molecule has 0 aliphatic carbocycles. The maximum absolute atomic E-state index is 12.3. The lowest BCUT2D eigenvalue weighted by atomic mass is 9.81. The first kappa shape index (κ1) is 19.4. The zero-order valence-electron chi connectivity index (χ0n) is 16.4. The van der Waals surface area contributed by atoms with Gasteiger partial charge in [0.15, 0.2) is 0 Å². The minimum atomic E-state index is -0.526. The van der Waals surface area contributed by atoms with Gasteiger partial charge in [0, 0.05) is 22.9 Å². The van der Waals surface area contributed by atoms with Gasteiger partial charge in [-0.05, 0) is 40.8 Å². The van der Waals surface area contributed by atoms with Crippen molar-refractivity contribution in [2.75, 3.05) is 7.11 Å². The molecule has 0 radical (unpaired) electrons. The molecule has 3 N–H and O–H groups in total. The molecule has 144 valence electrons. The summed E-state index contributed by atoms with van der Waals surface area (Å²) >= 11 is 0. The van der Waals surface area contributed by atoms with Crippen LogP contribution in [-0.4, -0.2) is 23.2 Å². The molecule has 1 aromatic heterocycles. The quantitative estimate of drug-likeness (QED) is 0.727. The minimum Gasteiger partial charge on any atom is -0.496 e. The molecule has 0 aliphatic rings. The molecule has 3 rings (SSSR count). The Kier molecular flexibility index (Phi) is 5.05. The van der Waals surface area contributed by atoms with Crippen LogP contribution >= 0.6 is 0 Å². The molecular formula is C22H23N3O3. The van der Waals surface area contributed by atoms with Crippen LogP contribution < -0.4 is 16.0 Å². The molecule has 0 spiro atoms. The summed E-state index contributed by atoms with van der Waals surface area (Å²) in [6.45, 7) is 6.19. The molecule has 2 aromatic carbocycles. The lowest BCUT2D eigenvalue weighted by Gasteiger charge is -2.26. The molecule has 1 heterocycles. The van der Waals surface area contributed by atoms with Gasteiger partial charge >= 0.3 is 0 Å². The number of carbonyl (C=O) groups excluding carboxylic acids is 1. The van der Waals surface area contributed by atoms with Crippen LogP contribution in [0.4, 0.5) is 0 Å². The van der Waals surface area contributed by atoms with Gasteiger partial charge in [0.2, 0.25) is 5.91 Å². The van der Waals surface area contributed by atoms with E-state index in [0.29, 0.717) is 33.6 Å². The number of carbonyl (C=O) groups is 1. The summed E-state index contributed by atoms with van der Waals surface area (Å²) in [6.07, 6.45) is 1.54. The number of hydrogen-bond acceptors (Lipinski definition) is 4. The number of nitrogens with one attached hydrogen (secondary N) is 1. The normalized spacial score (nSPS) is 11.3. The maximum atomic E-state index is 12.3. The number of aromatic amines is 1. The van der Waals surface area contributed by atoms with Gasteiger partial charge in [0.05, 0.1) is 12.7 Å². The van der Waals surface area contributed by atoms with Crippen molar-refractivity contribution in [1.29, 1.82) is 0 Å². The van der Waals surface area contributed by atoms with Crippen LogP contribution in [0.1, 0.15) is 36.7 Å². The van der Waals surface area contributed by atoms with Gasteiger partial charge in [-0.1, -0.05) is 39.0 Å². The van der Waals surface area contributed by atoms with E-state index in [0.717, 1.165) is 5.56 Å². The minimum absolute atomic E-state index is 0.266. The summed E-state index contributed by atoms with van der Waals surface area (Å²) in [6, 6.07) is 12.6. The third-order valence-electron chi connectivity index (χ3n) is 4.62. The fourth-order valence-corrected chi connectivity index (χ4v) is 3.27. The largest absolute Gasteiger partial charge is 0.496 e. The van der Waals surface area contributed by atoms with E-state index in [1.807, 2.05) is 24.3 Å². The average Bonchev–Trinajstić information content (AvgIpc) is 2.66. The summed E-state index contributed by atoms with van der Waals surface area (Å²) in [5.74, 6) is 0.123. The lowest BCUT2D eigenvalue weighted by molar-refractivity contribution is 0.100. The van der Waals surface area contributed by atoms with Gasteiger partial charge in [0.25, 0.3) is 5.56 Å². The molecule has 0 aliphatic heterocycles. The number of primary amides is 1. The van der Waals surface area contributed by atoms with Crippen LogP contribution in [0.3, 0.4) is 0 Å². The standard InChI is InChI=1S/C22H23N3O3/c1-22(2,3)18-12-13(14-9-10-24-25-21(14)27)11-17(19(18)28-4)15-7-5-6-8-16(15)20(23)26/h5-12H,1-4H3,(H2,23,26)(H,25,27). The molecule has 1 amide bonds. The van der Waals surface area contributed by atoms with Crippen LogP contribution in [0.25, 0.3) is 22.3 Å². The zero-order valence-corrected chi connectivity index (χ0v) is 16.4. The number of ether oxygens (including phenoxy) is 1. The van der Waals surface area contributed by atoms with Gasteiger partial charge in [-0.25, -0.2) is 5.10 Å². The molecule has 6 nitrogen and oxygen atoms in total. The Balaban J connectivity index is 2.43. The van der Waals surface area contributed by atoms with E-state index in [4.69, 9.17) is 10.5 Å². The van der Waals surface area contributed by atoms with E-state index in [-0.39, 0.29) is 11.0 Å². The van der Waals surface area contributed by atoms with Crippen molar-refractivity contribution in [3.8, 4) is 28.0 Å². The van der Waals surface area contributed by atoms with Crippen LogP contribution in [-0.2, 0) is 5.41 Å². The topological polar surface area (TPSA) is 98.1 Å². The second kappa shape index (κ2) is 7.31. The Bertz CT molecular complexity index is 1090. The van der Waals surface area contributed by atoms with Crippen LogP contribution in [0, 0.1) is 0 Å². The summed E-state index contributed by atoms with van der Waals surface area (Å²) in [4.78, 5) is 24.3. The molecule has 28 heavy (non-hydrogen) atoms. The summed E-state index contributed by atoms with van der Waals surface area (Å²) in [7, 11) is 1.60. The number of benzene rings is 2. The summed E-state index contributed by atoms with van der Waals surface area (Å²) in [5, 5.41) is 6.23. The highest BCUT2D eigenvalue weighted by Gasteiger charge is 2.25. The van der Waals surface area contributed by atoms with E-state index in [1.165, 1.54) is 6.20 Å². The molecule has 0 saturated heterocycles. The van der Waals surface area contributed by atoms with Crippen molar-refractivity contribution in [3.63, 3.8) is 0 Å². The molecule has 0 saturated carbocycles. The van der Waals surface area contributed by atoms with Gasteiger partial charge in [-0.15, -0.1) is 0 Å². The first-order valence-corrected chi connectivity index (χ1v) is 8.90. The average molecular weight is 377 g/mol. The molecule has 0 fully saturated rings. The van der Waals surface area contributed by atoms with Crippen molar-refractivity contribution in [2.24, 2.45) is 5.73 Å². The number of nitrogens with zero attached hydrogens (tertiary/aromatic N) is 1. The third kappa shape index (κ3) is 3.53. The Morgan fingerprint density at radius 3 is 2.39 bits per heavy atom. The third-order valence-corrected chi connectivity index (χ3v) is 4.62. The second-order valence-electron chi connectivity index (χ2n) is 7.56. The number of H-pyrrole nitrogens is 1. The molecule has 0 unspecified atom stereocenters. The zero-order chi connectivity index (χ0) is 20.5. The van der Waals surface area contributed by atoms with Gasteiger partial charge in [-0.3, -0.25) is 9.59 Å². The summed E-state index contributed by atoms with van der Waals surface area (Å²) in [5.41, 5.74) is 8.91. The molecule has 3 aromatic rings. The van der Waals surface area contributed by atoms with E-state index in [1.54, 1.807) is 25.3 Å². The van der Waals surface area contributed by atoms with Crippen molar-refractivity contribution in [1.82, 2.24) is 10.2 Å². The highest BCUT2D eigenvalue weighted by molar-refractivity contribution is 6.01. The predicted molar refractivity (Wildman–Crippen MR) is 109 cm³/mol. The molecule has 0 atom stereocenters. The Labute approximate surface area is 163 Å². The number of nitrogens with two attached hydrogens (primary N) is 1. The van der Waals surface area contributed by atoms with Crippen LogP contribution in [0.15, 0.2) is 53.5 Å². The predicted octanol–water partition coefficient (Wildman–Crippen LogP) is 3.51. The van der Waals surface area contributed by atoms with Crippen molar-refractivity contribution in [2.45, 2.75) is 26.2 Å². The van der Waals surface area contributed by atoms with Crippen molar-refractivity contribution < 1.29 is 9.53 Å². The number of hydrogen-bond donors (Lipinski definition) is 2. The first-order chi connectivity index (χ1) is 13.2. The highest BCUT2D eigenvalue weighted by Crippen LogP contribution is 2.43. The monoisotopic (exact) mass is 377 g/mol. The molecule has 6 heteroatoms. The van der Waals surface area contributed by atoms with Gasteiger partial charge in [0.1, 0.15) is 5.75 Å². The Morgan fingerprint density at radius 2 is 1.79 bits per heavy atom. The fourth-order valence-electron chi connectivity index (χ4n) is 3.27. The SMILES string of the molecule is COc1c(-c2ccccc2C(N)=O)cc(-c2ccn[nH]c2=O)cc1C(C)(C)C. The van der Waals surface area contributed by atoms with Crippen molar-refractivity contribution in [3.05, 3.63) is 70.1 Å². The Hall–Kier alpha value is -3.41. The summed E-state index contributed by atoms with van der Waals surface area (Å²) < 4.78 is 5.76. The highest BCUT2D eigenvalue weighted by atomic mass is 16.5. The number of methoxy groups -OCH3 is 1. The van der Waals surface area contributed by atoms with Crippen LogP contribution in [0.2, 0.25) is 0 Å². The van der Waals surface area contributed by atoms with Gasteiger partial charge in [-0.2, -0.15) is 5.10 Å². The van der Waals surface area contributed by atoms with Crippen molar-refractivity contribution >= 4 is 5.91 Å². The molecule has 0 bridgehead atoms. The fraction of sp³-hybridized carbons (Fsp3) is 0.227. The van der Waals surface area contributed by atoms with Crippen LogP contribution in [0.5, 0.6) is 5.75 Å². The number of aromatic nitrogens is 2. The first-order valence-electron chi connectivity index (χ1n) is 8.90. The van der Waals surface area contributed by atoms with Gasteiger partial charge < -0.3 is 10.5 Å². The molecular weight excluding hydrogens is 354 g/mol. The van der Waals surface area contributed by atoms with E-state index < -0.39 is 5.91 Å². The van der Waals surface area contributed by atoms with E-state index in [9.17, 15) is 9.59 Å². The second-order valence-corrected chi connectivity index (χ2v) is 7.56. The smallest absolute Gasteiger partial charge is 0.272 e. The maximum Gasteiger partial charge on any atom is 0.272 e. The Morgan fingerprint density at radius 1 is 1.07 bits per heavy atom. The number of amides is 1. The number of rotatable bonds is 4. The lowest BCUT2D eigenvalue weighted by Crippen LogP contribution is -2.16.